The second kappa shape index (κ2) is 3.59. The van der Waals surface area contributed by atoms with E-state index in [0.717, 1.165) is 24.8 Å². The summed E-state index contributed by atoms with van der Waals surface area (Å²) in [7, 11) is 0. The molecule has 2 aliphatic rings. The SMILES string of the molecule is CCC1(N)CC(C2CC(I)(CN)C2)C1. The molecule has 82 valence electrons. The molecule has 0 unspecified atom stereocenters. The van der Waals surface area contributed by atoms with Crippen LogP contribution in [0.1, 0.15) is 39.0 Å². The molecule has 2 rings (SSSR count). The van der Waals surface area contributed by atoms with Gasteiger partial charge in [0.1, 0.15) is 0 Å². The maximum absolute atomic E-state index is 6.18. The van der Waals surface area contributed by atoms with Crippen LogP contribution >= 0.6 is 22.6 Å². The smallest absolute Gasteiger partial charge is 0.0350 e. The Kier molecular flexibility index (Phi) is 2.86. The Hall–Kier alpha value is 0.650. The summed E-state index contributed by atoms with van der Waals surface area (Å²) in [5.74, 6) is 1.84. The van der Waals surface area contributed by atoms with E-state index in [-0.39, 0.29) is 5.54 Å². The molecule has 0 spiro atoms. The molecule has 0 aromatic carbocycles. The van der Waals surface area contributed by atoms with Crippen LogP contribution in [0.15, 0.2) is 0 Å². The third kappa shape index (κ3) is 1.83. The first kappa shape index (κ1) is 11.1. The highest BCUT2D eigenvalue weighted by Crippen LogP contribution is 2.55. The molecule has 0 bridgehead atoms. The van der Waals surface area contributed by atoms with Crippen molar-refractivity contribution < 1.29 is 0 Å². The molecule has 0 aromatic rings. The molecular formula is C11H21IN2. The van der Waals surface area contributed by atoms with E-state index >= 15 is 0 Å². The molecule has 2 aliphatic carbocycles. The lowest BCUT2D eigenvalue weighted by molar-refractivity contribution is 0.0358. The Labute approximate surface area is 100 Å². The van der Waals surface area contributed by atoms with Gasteiger partial charge in [-0.25, -0.2) is 0 Å². The Morgan fingerprint density at radius 1 is 1.21 bits per heavy atom. The summed E-state index contributed by atoms with van der Waals surface area (Å²) in [6.45, 7) is 3.05. The van der Waals surface area contributed by atoms with E-state index < -0.39 is 0 Å². The second-order valence-corrected chi connectivity index (χ2v) is 7.70. The van der Waals surface area contributed by atoms with Crippen molar-refractivity contribution >= 4 is 22.6 Å². The molecule has 4 N–H and O–H groups in total. The predicted molar refractivity (Wildman–Crippen MR) is 68.5 cm³/mol. The fourth-order valence-electron chi connectivity index (χ4n) is 2.99. The van der Waals surface area contributed by atoms with E-state index in [1.807, 2.05) is 0 Å². The van der Waals surface area contributed by atoms with Gasteiger partial charge in [0.25, 0.3) is 0 Å². The molecule has 0 atom stereocenters. The molecule has 2 saturated carbocycles. The number of hydrogen-bond donors (Lipinski definition) is 2. The molecule has 0 saturated heterocycles. The summed E-state index contributed by atoms with van der Waals surface area (Å²) in [5.41, 5.74) is 12.1. The van der Waals surface area contributed by atoms with Crippen molar-refractivity contribution in [2.45, 2.75) is 48.0 Å². The molecular weight excluding hydrogens is 287 g/mol. The Bertz CT molecular complexity index is 193. The minimum Gasteiger partial charge on any atom is -0.329 e. The van der Waals surface area contributed by atoms with Crippen molar-refractivity contribution in [1.29, 1.82) is 0 Å². The summed E-state index contributed by atoms with van der Waals surface area (Å²) in [6, 6.07) is 0. The van der Waals surface area contributed by atoms with Crippen LogP contribution in [0.2, 0.25) is 0 Å². The van der Waals surface area contributed by atoms with Gasteiger partial charge in [-0.3, -0.25) is 0 Å². The quantitative estimate of drug-likeness (QED) is 0.619. The normalized spacial score (nSPS) is 52.3. The third-order valence-corrected chi connectivity index (χ3v) is 5.65. The zero-order valence-corrected chi connectivity index (χ0v) is 11.1. The molecule has 2 fully saturated rings. The van der Waals surface area contributed by atoms with Crippen molar-refractivity contribution in [2.75, 3.05) is 6.54 Å². The standard InChI is InChI=1S/C11H21IN2/c1-2-11(14)5-9(6-11)8-3-10(12,4-8)7-13/h8-9H,2-7,13-14H2,1H3. The van der Waals surface area contributed by atoms with E-state index in [1.54, 1.807) is 0 Å². The third-order valence-electron chi connectivity index (χ3n) is 4.33. The Morgan fingerprint density at radius 2 is 1.71 bits per heavy atom. The van der Waals surface area contributed by atoms with Crippen molar-refractivity contribution in [3.8, 4) is 0 Å². The minimum atomic E-state index is 0.191. The van der Waals surface area contributed by atoms with E-state index in [1.165, 1.54) is 25.7 Å². The average molecular weight is 308 g/mol. The zero-order chi connectivity index (χ0) is 10.4. The van der Waals surface area contributed by atoms with Gasteiger partial charge in [0, 0.05) is 15.5 Å². The first-order valence-corrected chi connectivity index (χ1v) is 6.76. The van der Waals surface area contributed by atoms with E-state index in [4.69, 9.17) is 11.5 Å². The van der Waals surface area contributed by atoms with Crippen molar-refractivity contribution in [2.24, 2.45) is 23.3 Å². The minimum absolute atomic E-state index is 0.191. The largest absolute Gasteiger partial charge is 0.329 e. The lowest BCUT2D eigenvalue weighted by Crippen LogP contribution is -2.57. The molecule has 2 nitrogen and oxygen atoms in total. The molecule has 0 aliphatic heterocycles. The van der Waals surface area contributed by atoms with Gasteiger partial charge < -0.3 is 11.5 Å². The Balaban J connectivity index is 1.76. The summed E-state index contributed by atoms with van der Waals surface area (Å²) in [4.78, 5) is 0. The highest BCUT2D eigenvalue weighted by atomic mass is 127. The van der Waals surface area contributed by atoms with Gasteiger partial charge in [-0.15, -0.1) is 0 Å². The van der Waals surface area contributed by atoms with Crippen molar-refractivity contribution in [1.82, 2.24) is 0 Å². The summed E-state index contributed by atoms with van der Waals surface area (Å²) in [6.07, 6.45) is 6.31. The fourth-order valence-corrected chi connectivity index (χ4v) is 4.12. The first-order valence-electron chi connectivity index (χ1n) is 5.68. The summed E-state index contributed by atoms with van der Waals surface area (Å²) >= 11 is 2.54. The second-order valence-electron chi connectivity index (χ2n) is 5.41. The fraction of sp³-hybridized carbons (Fsp3) is 1.00. The Morgan fingerprint density at radius 3 is 2.14 bits per heavy atom. The van der Waals surface area contributed by atoms with E-state index in [9.17, 15) is 0 Å². The highest BCUT2D eigenvalue weighted by molar-refractivity contribution is 14.1. The van der Waals surface area contributed by atoms with Crippen LogP contribution in [0.3, 0.4) is 0 Å². The van der Waals surface area contributed by atoms with Crippen molar-refractivity contribution in [3.05, 3.63) is 0 Å². The average Bonchev–Trinajstić information content (AvgIpc) is 2.08. The van der Waals surface area contributed by atoms with Crippen LogP contribution in [0.4, 0.5) is 0 Å². The van der Waals surface area contributed by atoms with Gasteiger partial charge in [0.05, 0.1) is 0 Å². The number of hydrogen-bond acceptors (Lipinski definition) is 2. The van der Waals surface area contributed by atoms with Crippen LogP contribution in [0.5, 0.6) is 0 Å². The van der Waals surface area contributed by atoms with Crippen molar-refractivity contribution in [3.63, 3.8) is 0 Å². The van der Waals surface area contributed by atoms with Gasteiger partial charge in [-0.1, -0.05) is 29.5 Å². The van der Waals surface area contributed by atoms with Crippen LogP contribution < -0.4 is 11.5 Å². The van der Waals surface area contributed by atoms with Gasteiger partial charge >= 0.3 is 0 Å². The maximum Gasteiger partial charge on any atom is 0.0350 e. The molecule has 0 amide bonds. The van der Waals surface area contributed by atoms with Gasteiger partial charge in [0.2, 0.25) is 0 Å². The van der Waals surface area contributed by atoms with Gasteiger partial charge in [-0.05, 0) is 43.9 Å². The molecule has 0 aromatic heterocycles. The topological polar surface area (TPSA) is 52.0 Å². The van der Waals surface area contributed by atoms with Gasteiger partial charge in [0.15, 0.2) is 0 Å². The number of alkyl halides is 1. The maximum atomic E-state index is 6.18. The number of rotatable bonds is 3. The first-order chi connectivity index (χ1) is 6.50. The van der Waals surface area contributed by atoms with Crippen LogP contribution in [-0.4, -0.2) is 15.5 Å². The molecule has 3 heteroatoms. The number of halogens is 1. The molecule has 14 heavy (non-hydrogen) atoms. The molecule has 0 heterocycles. The molecule has 0 radical (unpaired) electrons. The lowest BCUT2D eigenvalue weighted by Gasteiger charge is -2.55. The summed E-state index contributed by atoms with van der Waals surface area (Å²) in [5, 5.41) is 0. The van der Waals surface area contributed by atoms with Gasteiger partial charge in [-0.2, -0.15) is 0 Å². The monoisotopic (exact) mass is 308 g/mol. The zero-order valence-electron chi connectivity index (χ0n) is 8.93. The van der Waals surface area contributed by atoms with Crippen LogP contribution in [0.25, 0.3) is 0 Å². The highest BCUT2D eigenvalue weighted by Gasteiger charge is 2.51. The van der Waals surface area contributed by atoms with Crippen LogP contribution in [-0.2, 0) is 0 Å². The summed E-state index contributed by atoms with van der Waals surface area (Å²) < 4.78 is 0.432. The number of nitrogens with two attached hydrogens (primary N) is 2. The van der Waals surface area contributed by atoms with Crippen LogP contribution in [0, 0.1) is 11.8 Å². The predicted octanol–water partition coefficient (Wildman–Crippen LogP) is 2.05. The van der Waals surface area contributed by atoms with E-state index in [2.05, 4.69) is 29.5 Å². The lowest BCUT2D eigenvalue weighted by atomic mass is 9.56. The van der Waals surface area contributed by atoms with E-state index in [0.29, 0.717) is 3.42 Å².